The monoisotopic (exact) mass is 326 g/mol. The first-order valence-electron chi connectivity index (χ1n) is 5.94. The summed E-state index contributed by atoms with van der Waals surface area (Å²) in [5.74, 6) is -0.562. The SMILES string of the molecule is COc1cccc(C(=O)Nc2c(C)cc(Cl)nc2Cl)c1O. The number of aromatic nitrogens is 1. The Kier molecular flexibility index (Phi) is 4.55. The average Bonchev–Trinajstić information content (AvgIpc) is 2.42. The van der Waals surface area contributed by atoms with Gasteiger partial charge in [-0.25, -0.2) is 4.98 Å². The van der Waals surface area contributed by atoms with E-state index >= 15 is 0 Å². The zero-order valence-corrected chi connectivity index (χ0v) is 12.8. The van der Waals surface area contributed by atoms with Crippen molar-refractivity contribution in [3.63, 3.8) is 0 Å². The summed E-state index contributed by atoms with van der Waals surface area (Å²) in [6.07, 6.45) is 0. The number of phenols is 1. The second kappa shape index (κ2) is 6.20. The summed E-state index contributed by atoms with van der Waals surface area (Å²) < 4.78 is 4.96. The maximum absolute atomic E-state index is 12.2. The lowest BCUT2D eigenvalue weighted by molar-refractivity contribution is 0.102. The third kappa shape index (κ3) is 3.20. The number of para-hydroxylation sites is 1. The molecule has 7 heteroatoms. The van der Waals surface area contributed by atoms with Crippen LogP contribution in [0.5, 0.6) is 11.5 Å². The van der Waals surface area contributed by atoms with E-state index in [-0.39, 0.29) is 27.4 Å². The minimum absolute atomic E-state index is 0.0692. The second-order valence-corrected chi connectivity index (χ2v) is 4.98. The van der Waals surface area contributed by atoms with Gasteiger partial charge in [-0.2, -0.15) is 0 Å². The number of aryl methyl sites for hydroxylation is 1. The molecule has 21 heavy (non-hydrogen) atoms. The molecule has 0 bridgehead atoms. The zero-order chi connectivity index (χ0) is 15.6. The minimum Gasteiger partial charge on any atom is -0.504 e. The normalized spacial score (nSPS) is 10.3. The van der Waals surface area contributed by atoms with Crippen molar-refractivity contribution in [3.8, 4) is 11.5 Å². The predicted molar refractivity (Wildman–Crippen MR) is 81.6 cm³/mol. The zero-order valence-electron chi connectivity index (χ0n) is 11.3. The highest BCUT2D eigenvalue weighted by Gasteiger charge is 2.17. The van der Waals surface area contributed by atoms with Crippen molar-refractivity contribution in [2.75, 3.05) is 12.4 Å². The van der Waals surface area contributed by atoms with Gasteiger partial charge in [0.1, 0.15) is 5.15 Å². The maximum atomic E-state index is 12.2. The maximum Gasteiger partial charge on any atom is 0.259 e. The summed E-state index contributed by atoms with van der Waals surface area (Å²) in [6, 6.07) is 6.20. The molecule has 2 N–H and O–H groups in total. The number of nitrogens with one attached hydrogen (secondary N) is 1. The van der Waals surface area contributed by atoms with Gasteiger partial charge in [-0.05, 0) is 30.7 Å². The van der Waals surface area contributed by atoms with Gasteiger partial charge in [-0.1, -0.05) is 29.3 Å². The lowest BCUT2D eigenvalue weighted by Crippen LogP contribution is -2.14. The van der Waals surface area contributed by atoms with Gasteiger partial charge in [-0.3, -0.25) is 4.79 Å². The van der Waals surface area contributed by atoms with Crippen molar-refractivity contribution in [1.29, 1.82) is 0 Å². The molecule has 0 atom stereocenters. The summed E-state index contributed by atoms with van der Waals surface area (Å²) in [7, 11) is 1.40. The number of methoxy groups -OCH3 is 1. The van der Waals surface area contributed by atoms with Gasteiger partial charge in [0, 0.05) is 0 Å². The van der Waals surface area contributed by atoms with E-state index in [0.717, 1.165) is 0 Å². The molecule has 5 nitrogen and oxygen atoms in total. The van der Waals surface area contributed by atoms with Crippen LogP contribution in [0.2, 0.25) is 10.3 Å². The number of aromatic hydroxyl groups is 1. The van der Waals surface area contributed by atoms with Crippen LogP contribution in [0.3, 0.4) is 0 Å². The minimum atomic E-state index is -0.527. The molecule has 1 aromatic carbocycles. The molecule has 0 radical (unpaired) electrons. The summed E-state index contributed by atoms with van der Waals surface area (Å²) in [5, 5.41) is 12.9. The fraction of sp³-hybridized carbons (Fsp3) is 0.143. The first-order valence-corrected chi connectivity index (χ1v) is 6.69. The number of benzene rings is 1. The number of anilines is 1. The van der Waals surface area contributed by atoms with Gasteiger partial charge in [0.05, 0.1) is 18.4 Å². The Hall–Kier alpha value is -1.98. The van der Waals surface area contributed by atoms with Crippen LogP contribution < -0.4 is 10.1 Å². The second-order valence-electron chi connectivity index (χ2n) is 4.24. The van der Waals surface area contributed by atoms with E-state index in [0.29, 0.717) is 11.3 Å². The molecule has 110 valence electrons. The van der Waals surface area contributed by atoms with Crippen LogP contribution >= 0.6 is 23.2 Å². The summed E-state index contributed by atoms with van der Waals surface area (Å²) in [4.78, 5) is 16.1. The van der Waals surface area contributed by atoms with Crippen molar-refractivity contribution in [2.24, 2.45) is 0 Å². The Morgan fingerprint density at radius 2 is 2.10 bits per heavy atom. The van der Waals surface area contributed by atoms with Gasteiger partial charge in [-0.15, -0.1) is 0 Å². The van der Waals surface area contributed by atoms with Crippen LogP contribution in [-0.4, -0.2) is 23.1 Å². The molecule has 2 rings (SSSR count). The standard InChI is InChI=1S/C14H12Cl2N2O3/c1-7-6-10(15)17-13(16)11(7)18-14(20)8-4-3-5-9(21-2)12(8)19/h3-6,19H,1-2H3,(H,18,20). The molecular formula is C14H12Cl2N2O3. The van der Waals surface area contributed by atoms with Crippen LogP contribution in [0.1, 0.15) is 15.9 Å². The molecule has 0 aliphatic rings. The van der Waals surface area contributed by atoms with Crippen LogP contribution in [0.4, 0.5) is 5.69 Å². The third-order valence-corrected chi connectivity index (χ3v) is 3.31. The first kappa shape index (κ1) is 15.4. The Bertz CT molecular complexity index is 682. The van der Waals surface area contributed by atoms with E-state index in [9.17, 15) is 9.90 Å². The Morgan fingerprint density at radius 1 is 1.38 bits per heavy atom. The van der Waals surface area contributed by atoms with Crippen LogP contribution in [-0.2, 0) is 0 Å². The van der Waals surface area contributed by atoms with Crippen molar-refractivity contribution >= 4 is 34.8 Å². The first-order chi connectivity index (χ1) is 9.93. The number of carbonyl (C=O) groups is 1. The quantitative estimate of drug-likeness (QED) is 0.844. The van der Waals surface area contributed by atoms with Crippen LogP contribution in [0.25, 0.3) is 0 Å². The van der Waals surface area contributed by atoms with Crippen molar-refractivity contribution < 1.29 is 14.6 Å². The van der Waals surface area contributed by atoms with Gasteiger partial charge in [0.2, 0.25) is 0 Å². The van der Waals surface area contributed by atoms with E-state index in [4.69, 9.17) is 27.9 Å². The van der Waals surface area contributed by atoms with E-state index in [1.807, 2.05) is 0 Å². The molecule has 0 unspecified atom stereocenters. The fourth-order valence-corrected chi connectivity index (χ4v) is 2.38. The molecular weight excluding hydrogens is 315 g/mol. The summed E-state index contributed by atoms with van der Waals surface area (Å²) in [5.41, 5.74) is 1.07. The molecule has 1 amide bonds. The van der Waals surface area contributed by atoms with Crippen LogP contribution in [0, 0.1) is 6.92 Å². The molecule has 0 aliphatic carbocycles. The summed E-state index contributed by atoms with van der Waals surface area (Å²) in [6.45, 7) is 1.74. The molecule has 2 aromatic rings. The van der Waals surface area contributed by atoms with Gasteiger partial charge in [0.15, 0.2) is 16.7 Å². The van der Waals surface area contributed by atoms with Crippen molar-refractivity contribution in [2.45, 2.75) is 6.92 Å². The highest BCUT2D eigenvalue weighted by molar-refractivity contribution is 6.35. The topological polar surface area (TPSA) is 71.5 Å². The molecule has 0 saturated heterocycles. The number of amides is 1. The number of hydrogen-bond donors (Lipinski definition) is 2. The lowest BCUT2D eigenvalue weighted by Gasteiger charge is -2.12. The van der Waals surface area contributed by atoms with E-state index < -0.39 is 5.91 Å². The largest absolute Gasteiger partial charge is 0.504 e. The molecule has 0 saturated carbocycles. The average molecular weight is 327 g/mol. The smallest absolute Gasteiger partial charge is 0.259 e. The predicted octanol–water partition coefficient (Wildman–Crippen LogP) is 3.66. The Morgan fingerprint density at radius 3 is 2.71 bits per heavy atom. The number of carbonyl (C=O) groups excluding carboxylic acids is 1. The number of rotatable bonds is 3. The van der Waals surface area contributed by atoms with Crippen molar-refractivity contribution in [3.05, 3.63) is 45.7 Å². The molecule has 0 fully saturated rings. The molecule has 0 spiro atoms. The number of nitrogens with zero attached hydrogens (tertiary/aromatic N) is 1. The van der Waals surface area contributed by atoms with E-state index in [1.165, 1.54) is 13.2 Å². The number of phenolic OH excluding ortho intramolecular Hbond substituents is 1. The third-order valence-electron chi connectivity index (χ3n) is 2.84. The van der Waals surface area contributed by atoms with Crippen molar-refractivity contribution in [1.82, 2.24) is 4.98 Å². The van der Waals surface area contributed by atoms with Gasteiger partial charge < -0.3 is 15.2 Å². The van der Waals surface area contributed by atoms with E-state index in [2.05, 4.69) is 10.3 Å². The highest BCUT2D eigenvalue weighted by atomic mass is 35.5. The number of halogens is 2. The fourth-order valence-electron chi connectivity index (χ4n) is 1.80. The molecule has 1 heterocycles. The van der Waals surface area contributed by atoms with E-state index in [1.54, 1.807) is 25.1 Å². The summed E-state index contributed by atoms with van der Waals surface area (Å²) >= 11 is 11.7. The lowest BCUT2D eigenvalue weighted by atomic mass is 10.1. The van der Waals surface area contributed by atoms with Gasteiger partial charge in [0.25, 0.3) is 5.91 Å². The van der Waals surface area contributed by atoms with Crippen LogP contribution in [0.15, 0.2) is 24.3 Å². The number of hydrogen-bond acceptors (Lipinski definition) is 4. The Labute approximate surface area is 131 Å². The molecule has 1 aromatic heterocycles. The number of ether oxygens (including phenoxy) is 1. The van der Waals surface area contributed by atoms with Gasteiger partial charge >= 0.3 is 0 Å². The number of pyridine rings is 1. The highest BCUT2D eigenvalue weighted by Crippen LogP contribution is 2.31. The molecule has 0 aliphatic heterocycles. The Balaban J connectivity index is 2.35.